The number of halogens is 2. The fraction of sp³-hybridized carbons (Fsp3) is 0.345. The Morgan fingerprint density at radius 1 is 1.20 bits per heavy atom. The number of aliphatic hydroxyl groups excluding tert-OH is 1. The lowest BCUT2D eigenvalue weighted by Gasteiger charge is -2.20. The number of benzene rings is 1. The van der Waals surface area contributed by atoms with Crippen LogP contribution in [-0.2, 0) is 18.2 Å². The SMILES string of the molecule is [2H]C([2H])([2H])NC(=O)c1nnc(Cl)cc1Nc1cc(CCC(O)c2nc(NC(=O)OC(C)(C)C)ccc2F)cc(-c2ncn(C)n2)c1OC. The summed E-state index contributed by atoms with van der Waals surface area (Å²) >= 11 is 6.07. The first-order valence-electron chi connectivity index (χ1n) is 15.0. The second-order valence-corrected chi connectivity index (χ2v) is 11.1. The molecular weight excluding hydrogens is 609 g/mol. The van der Waals surface area contributed by atoms with E-state index in [-0.39, 0.29) is 58.1 Å². The highest BCUT2D eigenvalue weighted by atomic mass is 35.5. The van der Waals surface area contributed by atoms with Gasteiger partial charge >= 0.3 is 6.09 Å². The van der Waals surface area contributed by atoms with Gasteiger partial charge in [-0.25, -0.2) is 19.2 Å². The van der Waals surface area contributed by atoms with Gasteiger partial charge in [0.1, 0.15) is 29.3 Å². The Hall–Kier alpha value is -4.89. The summed E-state index contributed by atoms with van der Waals surface area (Å²) in [6, 6.07) is 6.96. The molecule has 0 bridgehead atoms. The molecule has 0 spiro atoms. The maximum atomic E-state index is 14.8. The summed E-state index contributed by atoms with van der Waals surface area (Å²) in [6.07, 6.45) is -0.559. The number of carbonyl (C=O) groups is 2. The lowest BCUT2D eigenvalue weighted by atomic mass is 10.00. The Balaban J connectivity index is 1.67. The highest BCUT2D eigenvalue weighted by Gasteiger charge is 2.23. The van der Waals surface area contributed by atoms with E-state index >= 15 is 0 Å². The van der Waals surface area contributed by atoms with Gasteiger partial charge in [-0.1, -0.05) is 11.6 Å². The summed E-state index contributed by atoms with van der Waals surface area (Å²) in [7, 11) is 3.08. The molecule has 4 rings (SSSR count). The number of hydrogen-bond acceptors (Lipinski definition) is 11. The van der Waals surface area contributed by atoms with Gasteiger partial charge < -0.3 is 25.2 Å². The first-order chi connectivity index (χ1) is 22.4. The van der Waals surface area contributed by atoms with Gasteiger partial charge in [0.05, 0.1) is 30.2 Å². The number of carbonyl (C=O) groups excluding carboxylic acids is 2. The van der Waals surface area contributed by atoms with Crippen molar-refractivity contribution in [2.24, 2.45) is 7.05 Å². The average molecular weight is 645 g/mol. The minimum Gasteiger partial charge on any atom is -0.494 e. The van der Waals surface area contributed by atoms with Crippen LogP contribution < -0.4 is 20.7 Å². The smallest absolute Gasteiger partial charge is 0.413 e. The summed E-state index contributed by atoms with van der Waals surface area (Å²) < 4.78 is 49.3. The van der Waals surface area contributed by atoms with Crippen molar-refractivity contribution < 1.29 is 32.7 Å². The number of aryl methyl sites for hydroxylation is 2. The molecule has 0 aliphatic carbocycles. The molecule has 0 saturated carbocycles. The van der Waals surface area contributed by atoms with Crippen LogP contribution in [0.4, 0.5) is 26.4 Å². The minimum atomic E-state index is -2.80. The number of rotatable bonds is 10. The normalized spacial score (nSPS) is 13.2. The van der Waals surface area contributed by atoms with Crippen molar-refractivity contribution in [2.75, 3.05) is 24.7 Å². The molecule has 3 aromatic heterocycles. The van der Waals surface area contributed by atoms with Gasteiger partial charge in [0.15, 0.2) is 22.4 Å². The summed E-state index contributed by atoms with van der Waals surface area (Å²) in [5.74, 6) is -1.31. The van der Waals surface area contributed by atoms with Crippen LogP contribution >= 0.6 is 11.6 Å². The number of nitrogens with one attached hydrogen (secondary N) is 3. The van der Waals surface area contributed by atoms with Gasteiger partial charge in [-0.05, 0) is 63.4 Å². The Bertz CT molecular complexity index is 1820. The van der Waals surface area contributed by atoms with Crippen LogP contribution in [0.15, 0.2) is 36.7 Å². The molecule has 0 aliphatic rings. The van der Waals surface area contributed by atoms with Crippen molar-refractivity contribution in [1.82, 2.24) is 35.3 Å². The number of pyridine rings is 1. The predicted octanol–water partition coefficient (Wildman–Crippen LogP) is 4.58. The highest BCUT2D eigenvalue weighted by Crippen LogP contribution is 2.39. The van der Waals surface area contributed by atoms with Crippen LogP contribution in [0.5, 0.6) is 5.75 Å². The number of nitrogens with zero attached hydrogens (tertiary/aromatic N) is 6. The number of ether oxygens (including phenoxy) is 2. The molecule has 0 radical (unpaired) electrons. The number of anilines is 3. The number of aliphatic hydroxyl groups is 1. The van der Waals surface area contributed by atoms with Crippen molar-refractivity contribution in [3.8, 4) is 17.1 Å². The van der Waals surface area contributed by atoms with Gasteiger partial charge in [0.25, 0.3) is 5.91 Å². The molecule has 0 aliphatic heterocycles. The molecule has 1 atom stereocenters. The lowest BCUT2D eigenvalue weighted by molar-refractivity contribution is 0.0634. The molecule has 16 heteroatoms. The molecule has 1 unspecified atom stereocenters. The molecular formula is C29H33ClFN9O5. The molecule has 1 aromatic carbocycles. The third-order valence-corrected chi connectivity index (χ3v) is 6.26. The summed E-state index contributed by atoms with van der Waals surface area (Å²) in [5, 5.41) is 30.0. The van der Waals surface area contributed by atoms with E-state index in [1.165, 1.54) is 30.3 Å². The van der Waals surface area contributed by atoms with Crippen LogP contribution in [0.3, 0.4) is 0 Å². The van der Waals surface area contributed by atoms with Crippen molar-refractivity contribution in [3.63, 3.8) is 0 Å². The van der Waals surface area contributed by atoms with Gasteiger partial charge in [-0.15, -0.1) is 10.2 Å². The van der Waals surface area contributed by atoms with Crippen molar-refractivity contribution in [2.45, 2.75) is 45.3 Å². The van der Waals surface area contributed by atoms with E-state index in [1.54, 1.807) is 40.0 Å². The first kappa shape index (κ1) is 28.9. The second kappa shape index (κ2) is 13.8. The van der Waals surface area contributed by atoms with E-state index in [2.05, 4.69) is 35.9 Å². The Morgan fingerprint density at radius 2 is 1.98 bits per heavy atom. The predicted molar refractivity (Wildman–Crippen MR) is 164 cm³/mol. The third kappa shape index (κ3) is 8.39. The zero-order valence-corrected chi connectivity index (χ0v) is 25.7. The zero-order valence-electron chi connectivity index (χ0n) is 28.0. The monoisotopic (exact) mass is 644 g/mol. The number of hydrogen-bond donors (Lipinski definition) is 4. The third-order valence-electron chi connectivity index (χ3n) is 6.08. The van der Waals surface area contributed by atoms with Crippen LogP contribution in [0.1, 0.15) is 59.2 Å². The van der Waals surface area contributed by atoms with Crippen molar-refractivity contribution >= 4 is 40.8 Å². The first-order valence-corrected chi connectivity index (χ1v) is 13.8. The molecule has 238 valence electrons. The second-order valence-electron chi connectivity index (χ2n) is 10.7. The highest BCUT2D eigenvalue weighted by molar-refractivity contribution is 6.29. The van der Waals surface area contributed by atoms with Gasteiger partial charge in [0, 0.05) is 24.2 Å². The molecule has 14 nitrogen and oxygen atoms in total. The van der Waals surface area contributed by atoms with Crippen LogP contribution in [0.2, 0.25) is 5.15 Å². The van der Waals surface area contributed by atoms with Crippen LogP contribution in [-0.4, -0.2) is 66.7 Å². The van der Waals surface area contributed by atoms with Gasteiger partial charge in [-0.2, -0.15) is 5.10 Å². The lowest BCUT2D eigenvalue weighted by Crippen LogP contribution is -2.27. The summed E-state index contributed by atoms with van der Waals surface area (Å²) in [5.41, 5.74) is -0.137. The molecule has 4 N–H and O–H groups in total. The Labute approximate surface area is 267 Å². The van der Waals surface area contributed by atoms with E-state index in [1.807, 2.05) is 5.32 Å². The van der Waals surface area contributed by atoms with Crippen LogP contribution in [0, 0.1) is 5.82 Å². The van der Waals surface area contributed by atoms with Crippen molar-refractivity contribution in [3.05, 3.63) is 64.6 Å². The number of aromatic nitrogens is 6. The molecule has 3 heterocycles. The average Bonchev–Trinajstić information content (AvgIpc) is 3.40. The van der Waals surface area contributed by atoms with Crippen molar-refractivity contribution in [1.29, 1.82) is 0 Å². The van der Waals surface area contributed by atoms with Gasteiger partial charge in [0.2, 0.25) is 0 Å². The fourth-order valence-electron chi connectivity index (χ4n) is 4.22. The molecule has 0 saturated heterocycles. The van der Waals surface area contributed by atoms with E-state index in [0.29, 0.717) is 11.1 Å². The summed E-state index contributed by atoms with van der Waals surface area (Å²) in [4.78, 5) is 33.4. The molecule has 0 fully saturated rings. The van der Waals surface area contributed by atoms with E-state index in [0.717, 1.165) is 6.07 Å². The van der Waals surface area contributed by atoms with E-state index in [4.69, 9.17) is 25.2 Å². The maximum Gasteiger partial charge on any atom is 0.413 e. The summed E-state index contributed by atoms with van der Waals surface area (Å²) in [6.45, 7) is 2.27. The standard InChI is InChI=1S/C29H33ClFN9O5/c1-29(2,3)45-28(43)36-22-10-8-17(31)23(35-22)20(41)9-7-15-11-16(26-33-14-40(5)39-26)25(44-6)19(12-15)34-18-13-21(30)37-38-24(18)27(42)32-4/h8,10-14,20,41H,7,9H2,1-6H3,(H,32,42)(H,34,37)(H,35,36,43)/i4D3. The van der Waals surface area contributed by atoms with Gasteiger partial charge in [-0.3, -0.25) is 14.8 Å². The topological polar surface area (TPSA) is 178 Å². The molecule has 4 aromatic rings. The Kier molecular flexibility index (Phi) is 8.86. The number of amides is 2. The van der Waals surface area contributed by atoms with E-state index in [9.17, 15) is 19.1 Å². The molecule has 45 heavy (non-hydrogen) atoms. The largest absolute Gasteiger partial charge is 0.494 e. The quantitative estimate of drug-likeness (QED) is 0.190. The Morgan fingerprint density at radius 3 is 2.64 bits per heavy atom. The molecule has 2 amide bonds. The maximum absolute atomic E-state index is 14.8. The zero-order chi connectivity index (χ0) is 35.4. The van der Waals surface area contributed by atoms with E-state index < -0.39 is 36.5 Å². The minimum absolute atomic E-state index is 0.00716. The van der Waals surface area contributed by atoms with Crippen LogP contribution in [0.25, 0.3) is 11.4 Å². The number of methoxy groups -OCH3 is 1. The fourth-order valence-corrected chi connectivity index (χ4v) is 4.37.